The quantitative estimate of drug-likeness (QED) is 0.906. The van der Waals surface area contributed by atoms with Crippen LogP contribution in [0.15, 0.2) is 22.8 Å². The molecule has 2 aliphatic heterocycles. The largest absolute Gasteiger partial charge is 0.468 e. The maximum atomic E-state index is 11.9. The van der Waals surface area contributed by atoms with Gasteiger partial charge < -0.3 is 14.5 Å². The maximum absolute atomic E-state index is 11.9. The van der Waals surface area contributed by atoms with Crippen LogP contribution in [0.3, 0.4) is 0 Å². The van der Waals surface area contributed by atoms with Gasteiger partial charge in [-0.15, -0.1) is 0 Å². The summed E-state index contributed by atoms with van der Waals surface area (Å²) in [5, 5.41) is 2.98. The van der Waals surface area contributed by atoms with Gasteiger partial charge >= 0.3 is 0 Å². The van der Waals surface area contributed by atoms with Gasteiger partial charge in [0.25, 0.3) is 0 Å². The lowest BCUT2D eigenvalue weighted by Crippen LogP contribution is -2.43. The second kappa shape index (κ2) is 7.05. The molecule has 1 aromatic heterocycles. The molecule has 5 nitrogen and oxygen atoms in total. The van der Waals surface area contributed by atoms with Crippen molar-refractivity contribution < 1.29 is 13.9 Å². The van der Waals surface area contributed by atoms with Crippen molar-refractivity contribution in [1.29, 1.82) is 0 Å². The molecule has 0 aromatic carbocycles. The average Bonchev–Trinajstić information content (AvgIpc) is 3.12. The Morgan fingerprint density at radius 1 is 1.43 bits per heavy atom. The van der Waals surface area contributed by atoms with Crippen LogP contribution >= 0.6 is 0 Å². The second-order valence-corrected chi connectivity index (χ2v) is 7.35. The summed E-state index contributed by atoms with van der Waals surface area (Å²) in [6.45, 7) is 7.67. The number of furan rings is 1. The van der Waals surface area contributed by atoms with E-state index in [0.717, 1.165) is 51.3 Å². The van der Waals surface area contributed by atoms with Crippen molar-refractivity contribution in [1.82, 2.24) is 10.2 Å². The first kappa shape index (κ1) is 16.5. The molecule has 0 saturated carbocycles. The molecule has 3 rings (SSSR count). The first-order valence-corrected chi connectivity index (χ1v) is 8.73. The Hall–Kier alpha value is -1.33. The van der Waals surface area contributed by atoms with Crippen molar-refractivity contribution in [3.8, 4) is 0 Å². The zero-order valence-corrected chi connectivity index (χ0v) is 14.2. The maximum Gasteiger partial charge on any atom is 0.220 e. The normalized spacial score (nSPS) is 24.4. The minimum atomic E-state index is 0.00242. The van der Waals surface area contributed by atoms with E-state index in [1.54, 1.807) is 6.26 Å². The van der Waals surface area contributed by atoms with Crippen LogP contribution in [0.25, 0.3) is 0 Å². The van der Waals surface area contributed by atoms with Crippen LogP contribution in [0.5, 0.6) is 0 Å². The smallest absolute Gasteiger partial charge is 0.220 e. The van der Waals surface area contributed by atoms with E-state index < -0.39 is 0 Å². The molecule has 1 N–H and O–H groups in total. The summed E-state index contributed by atoms with van der Waals surface area (Å²) in [7, 11) is 0. The van der Waals surface area contributed by atoms with E-state index in [-0.39, 0.29) is 17.6 Å². The summed E-state index contributed by atoms with van der Waals surface area (Å²) < 4.78 is 11.6. The summed E-state index contributed by atoms with van der Waals surface area (Å²) in [6, 6.07) is 4.18. The molecule has 5 heteroatoms. The first-order valence-electron chi connectivity index (χ1n) is 8.73. The highest BCUT2D eigenvalue weighted by Crippen LogP contribution is 2.40. The SMILES string of the molecule is CC(C)NC(=O)CC1COC2(CCN(Cc3ccco3)CC2)C1. The summed E-state index contributed by atoms with van der Waals surface area (Å²) in [4.78, 5) is 14.3. The van der Waals surface area contributed by atoms with Gasteiger partial charge in [-0.2, -0.15) is 0 Å². The van der Waals surface area contributed by atoms with E-state index in [4.69, 9.17) is 9.15 Å². The van der Waals surface area contributed by atoms with E-state index in [9.17, 15) is 4.79 Å². The molecule has 1 aromatic rings. The van der Waals surface area contributed by atoms with Crippen LogP contribution in [0.2, 0.25) is 0 Å². The van der Waals surface area contributed by atoms with Crippen molar-refractivity contribution in [2.75, 3.05) is 19.7 Å². The molecule has 2 aliphatic rings. The molecule has 128 valence electrons. The third-order valence-corrected chi connectivity index (χ3v) is 4.94. The number of piperidine rings is 1. The molecule has 1 unspecified atom stereocenters. The minimum Gasteiger partial charge on any atom is -0.468 e. The zero-order chi connectivity index (χ0) is 16.3. The predicted molar refractivity (Wildman–Crippen MR) is 87.9 cm³/mol. The molecule has 23 heavy (non-hydrogen) atoms. The minimum absolute atomic E-state index is 0.00242. The second-order valence-electron chi connectivity index (χ2n) is 7.35. The standard InChI is InChI=1S/C18H28N2O3/c1-14(2)19-17(21)10-15-11-18(23-13-15)5-7-20(8-6-18)12-16-4-3-9-22-16/h3-4,9,14-15H,5-8,10-13H2,1-2H3,(H,19,21). The van der Waals surface area contributed by atoms with Gasteiger partial charge in [0, 0.05) is 25.6 Å². The highest BCUT2D eigenvalue weighted by molar-refractivity contribution is 5.76. The molecule has 2 saturated heterocycles. The first-order chi connectivity index (χ1) is 11.0. The van der Waals surface area contributed by atoms with Crippen LogP contribution in [0, 0.1) is 5.92 Å². The number of carbonyl (C=O) groups is 1. The van der Waals surface area contributed by atoms with Gasteiger partial charge in [0.2, 0.25) is 5.91 Å². The monoisotopic (exact) mass is 320 g/mol. The predicted octanol–water partition coefficient (Wildman–Crippen LogP) is 2.57. The van der Waals surface area contributed by atoms with Gasteiger partial charge in [0.05, 0.1) is 25.0 Å². The molecule has 2 fully saturated rings. The number of carbonyl (C=O) groups excluding carboxylic acids is 1. The Morgan fingerprint density at radius 2 is 2.22 bits per heavy atom. The van der Waals surface area contributed by atoms with E-state index >= 15 is 0 Å². The van der Waals surface area contributed by atoms with Gasteiger partial charge in [0.15, 0.2) is 0 Å². The average molecular weight is 320 g/mol. The molecular formula is C18H28N2O3. The highest BCUT2D eigenvalue weighted by Gasteiger charge is 2.43. The van der Waals surface area contributed by atoms with Crippen LogP contribution < -0.4 is 5.32 Å². The van der Waals surface area contributed by atoms with Crippen LogP contribution in [-0.2, 0) is 16.1 Å². The fraction of sp³-hybridized carbons (Fsp3) is 0.722. The van der Waals surface area contributed by atoms with Crippen molar-refractivity contribution in [3.05, 3.63) is 24.2 Å². The van der Waals surface area contributed by atoms with Crippen molar-refractivity contribution in [2.45, 2.75) is 57.7 Å². The van der Waals surface area contributed by atoms with Gasteiger partial charge in [-0.1, -0.05) is 0 Å². The van der Waals surface area contributed by atoms with Crippen molar-refractivity contribution in [3.63, 3.8) is 0 Å². The lowest BCUT2D eigenvalue weighted by molar-refractivity contribution is -0.122. The van der Waals surface area contributed by atoms with Gasteiger partial charge in [0.1, 0.15) is 5.76 Å². The summed E-state index contributed by atoms with van der Waals surface area (Å²) in [6.07, 6.45) is 5.45. The number of hydrogen-bond acceptors (Lipinski definition) is 4. The number of amides is 1. The number of likely N-dealkylation sites (tertiary alicyclic amines) is 1. The Bertz CT molecular complexity index is 504. The Morgan fingerprint density at radius 3 is 2.87 bits per heavy atom. The van der Waals surface area contributed by atoms with E-state index in [1.165, 1.54) is 0 Å². The fourth-order valence-electron chi connectivity index (χ4n) is 3.80. The van der Waals surface area contributed by atoms with Crippen LogP contribution in [-0.4, -0.2) is 42.1 Å². The van der Waals surface area contributed by atoms with Gasteiger partial charge in [-0.3, -0.25) is 9.69 Å². The molecule has 1 amide bonds. The molecule has 0 bridgehead atoms. The Kier molecular flexibility index (Phi) is 5.07. The van der Waals surface area contributed by atoms with Crippen molar-refractivity contribution in [2.24, 2.45) is 5.92 Å². The van der Waals surface area contributed by atoms with E-state index in [0.29, 0.717) is 12.3 Å². The third kappa shape index (κ3) is 4.36. The lowest BCUT2D eigenvalue weighted by atomic mass is 9.84. The van der Waals surface area contributed by atoms with E-state index in [2.05, 4.69) is 10.2 Å². The number of ether oxygens (including phenoxy) is 1. The number of nitrogens with zero attached hydrogens (tertiary/aromatic N) is 1. The fourth-order valence-corrected chi connectivity index (χ4v) is 3.80. The van der Waals surface area contributed by atoms with Crippen LogP contribution in [0.4, 0.5) is 0 Å². The van der Waals surface area contributed by atoms with E-state index in [1.807, 2.05) is 26.0 Å². The zero-order valence-electron chi connectivity index (χ0n) is 14.2. The molecule has 1 atom stereocenters. The Balaban J connectivity index is 1.44. The Labute approximate surface area is 138 Å². The molecule has 1 spiro atoms. The number of nitrogens with one attached hydrogen (secondary N) is 1. The molecule has 0 aliphatic carbocycles. The number of rotatable bonds is 5. The lowest BCUT2D eigenvalue weighted by Gasteiger charge is -2.38. The van der Waals surface area contributed by atoms with Gasteiger partial charge in [-0.25, -0.2) is 0 Å². The molecule has 3 heterocycles. The highest BCUT2D eigenvalue weighted by atomic mass is 16.5. The molecule has 0 radical (unpaired) electrons. The summed E-state index contributed by atoms with van der Waals surface area (Å²) >= 11 is 0. The summed E-state index contributed by atoms with van der Waals surface area (Å²) in [5.41, 5.74) is 0.00242. The van der Waals surface area contributed by atoms with Crippen LogP contribution in [0.1, 0.15) is 45.3 Å². The molecular weight excluding hydrogens is 292 g/mol. The van der Waals surface area contributed by atoms with Crippen molar-refractivity contribution >= 4 is 5.91 Å². The topological polar surface area (TPSA) is 54.7 Å². The van der Waals surface area contributed by atoms with Gasteiger partial charge in [-0.05, 0) is 51.2 Å². The third-order valence-electron chi connectivity index (χ3n) is 4.94. The number of hydrogen-bond donors (Lipinski definition) is 1. The summed E-state index contributed by atoms with van der Waals surface area (Å²) in [5.74, 6) is 1.54.